The Hall–Kier alpha value is -1.13. The van der Waals surface area contributed by atoms with Gasteiger partial charge in [0.2, 0.25) is 0 Å². The molecular formula is C13H17N3S. The Morgan fingerprint density at radius 2 is 2.47 bits per heavy atom. The number of anilines is 1. The van der Waals surface area contributed by atoms with E-state index in [0.717, 1.165) is 31.9 Å². The molecule has 0 aromatic carbocycles. The molecule has 1 aliphatic rings. The van der Waals surface area contributed by atoms with Crippen LogP contribution >= 0.6 is 11.3 Å². The molecule has 3 rings (SSSR count). The zero-order valence-electron chi connectivity index (χ0n) is 10.0. The molecule has 1 fully saturated rings. The first kappa shape index (κ1) is 11.0. The van der Waals surface area contributed by atoms with E-state index in [4.69, 9.17) is 0 Å². The van der Waals surface area contributed by atoms with E-state index in [2.05, 4.69) is 39.6 Å². The normalized spacial score (nSPS) is 21.0. The number of fused-ring (bicyclic) bond motifs is 1. The Labute approximate surface area is 105 Å². The molecule has 0 bridgehead atoms. The minimum Gasteiger partial charge on any atom is -0.351 e. The van der Waals surface area contributed by atoms with E-state index >= 15 is 0 Å². The maximum atomic E-state index is 4.61. The lowest BCUT2D eigenvalue weighted by Gasteiger charge is -2.37. The summed E-state index contributed by atoms with van der Waals surface area (Å²) in [5.74, 6) is 1.16. The van der Waals surface area contributed by atoms with Crippen LogP contribution in [0.5, 0.6) is 0 Å². The first-order valence-corrected chi connectivity index (χ1v) is 7.07. The summed E-state index contributed by atoms with van der Waals surface area (Å²) in [4.78, 5) is 7.07. The smallest absolute Gasteiger partial charge is 0.137 e. The quantitative estimate of drug-likeness (QED) is 0.883. The van der Waals surface area contributed by atoms with Gasteiger partial charge in [-0.1, -0.05) is 6.92 Å². The van der Waals surface area contributed by atoms with Crippen LogP contribution in [0.25, 0.3) is 10.1 Å². The number of rotatable bonds is 2. The van der Waals surface area contributed by atoms with E-state index in [1.165, 1.54) is 10.1 Å². The number of hydrogen-bond acceptors (Lipinski definition) is 4. The molecule has 1 saturated heterocycles. The maximum absolute atomic E-state index is 4.61. The molecule has 2 aromatic rings. The number of piperazine rings is 1. The van der Waals surface area contributed by atoms with Crippen molar-refractivity contribution in [3.8, 4) is 0 Å². The highest BCUT2D eigenvalue weighted by atomic mass is 32.1. The Morgan fingerprint density at radius 3 is 3.35 bits per heavy atom. The van der Waals surface area contributed by atoms with Crippen molar-refractivity contribution in [2.45, 2.75) is 19.4 Å². The lowest BCUT2D eigenvalue weighted by Crippen LogP contribution is -2.51. The van der Waals surface area contributed by atoms with Gasteiger partial charge in [-0.2, -0.15) is 0 Å². The topological polar surface area (TPSA) is 28.2 Å². The minimum absolute atomic E-state index is 0.571. The van der Waals surface area contributed by atoms with Crippen LogP contribution in [-0.2, 0) is 0 Å². The second-order valence-electron chi connectivity index (χ2n) is 4.43. The summed E-state index contributed by atoms with van der Waals surface area (Å²) in [6, 6.07) is 4.87. The summed E-state index contributed by atoms with van der Waals surface area (Å²) in [5.41, 5.74) is 0. The Balaban J connectivity index is 2.04. The Bertz CT molecular complexity index is 508. The zero-order chi connectivity index (χ0) is 11.7. The van der Waals surface area contributed by atoms with Gasteiger partial charge in [0.15, 0.2) is 0 Å². The van der Waals surface area contributed by atoms with Gasteiger partial charge in [-0.05, 0) is 23.9 Å². The number of pyridine rings is 1. The highest BCUT2D eigenvalue weighted by Crippen LogP contribution is 2.30. The van der Waals surface area contributed by atoms with Gasteiger partial charge in [0.25, 0.3) is 0 Å². The van der Waals surface area contributed by atoms with E-state index in [9.17, 15) is 0 Å². The van der Waals surface area contributed by atoms with Gasteiger partial charge in [0, 0.05) is 42.0 Å². The standard InChI is InChI=1S/C13H17N3S/c1-2-10-9-14-6-7-16(10)13-11-4-8-17-12(11)3-5-15-13/h3-5,8,10,14H,2,6-7,9H2,1H3. The van der Waals surface area contributed by atoms with E-state index < -0.39 is 0 Å². The fourth-order valence-corrected chi connectivity index (χ4v) is 3.29. The van der Waals surface area contributed by atoms with E-state index in [0.29, 0.717) is 6.04 Å². The molecule has 1 aliphatic heterocycles. The van der Waals surface area contributed by atoms with E-state index in [-0.39, 0.29) is 0 Å². The number of thiophene rings is 1. The molecule has 1 N–H and O–H groups in total. The van der Waals surface area contributed by atoms with Crippen molar-refractivity contribution < 1.29 is 0 Å². The molecule has 90 valence electrons. The lowest BCUT2D eigenvalue weighted by atomic mass is 10.1. The molecular weight excluding hydrogens is 230 g/mol. The van der Waals surface area contributed by atoms with Gasteiger partial charge in [-0.25, -0.2) is 4.98 Å². The SMILES string of the molecule is CCC1CNCCN1c1nccc2sccc12. The lowest BCUT2D eigenvalue weighted by molar-refractivity contribution is 0.464. The molecule has 3 heterocycles. The largest absolute Gasteiger partial charge is 0.351 e. The van der Waals surface area contributed by atoms with Crippen LogP contribution in [0.1, 0.15) is 13.3 Å². The van der Waals surface area contributed by atoms with E-state index in [1.807, 2.05) is 6.20 Å². The average Bonchev–Trinajstić information content (AvgIpc) is 2.86. The number of aromatic nitrogens is 1. The monoisotopic (exact) mass is 247 g/mol. The average molecular weight is 247 g/mol. The second kappa shape index (κ2) is 4.63. The highest BCUT2D eigenvalue weighted by molar-refractivity contribution is 7.17. The van der Waals surface area contributed by atoms with Crippen LogP contribution in [-0.4, -0.2) is 30.7 Å². The van der Waals surface area contributed by atoms with Crippen molar-refractivity contribution in [2.75, 3.05) is 24.5 Å². The zero-order valence-corrected chi connectivity index (χ0v) is 10.8. The predicted molar refractivity (Wildman–Crippen MR) is 73.9 cm³/mol. The first-order valence-electron chi connectivity index (χ1n) is 6.19. The van der Waals surface area contributed by atoms with Crippen molar-refractivity contribution in [1.82, 2.24) is 10.3 Å². The molecule has 0 saturated carbocycles. The molecule has 0 radical (unpaired) electrons. The molecule has 4 heteroatoms. The Morgan fingerprint density at radius 1 is 1.53 bits per heavy atom. The highest BCUT2D eigenvalue weighted by Gasteiger charge is 2.23. The molecule has 0 amide bonds. The van der Waals surface area contributed by atoms with Crippen molar-refractivity contribution >= 4 is 27.2 Å². The van der Waals surface area contributed by atoms with Crippen LogP contribution in [0.3, 0.4) is 0 Å². The number of nitrogens with one attached hydrogen (secondary N) is 1. The molecule has 17 heavy (non-hydrogen) atoms. The van der Waals surface area contributed by atoms with Gasteiger partial charge in [-0.3, -0.25) is 0 Å². The third-order valence-electron chi connectivity index (χ3n) is 3.45. The summed E-state index contributed by atoms with van der Waals surface area (Å²) in [7, 11) is 0. The summed E-state index contributed by atoms with van der Waals surface area (Å²) in [6.07, 6.45) is 3.10. The summed E-state index contributed by atoms with van der Waals surface area (Å²) in [5, 5.41) is 6.92. The van der Waals surface area contributed by atoms with Gasteiger partial charge in [0.05, 0.1) is 0 Å². The number of hydrogen-bond donors (Lipinski definition) is 1. The van der Waals surface area contributed by atoms with Gasteiger partial charge < -0.3 is 10.2 Å². The molecule has 3 nitrogen and oxygen atoms in total. The third kappa shape index (κ3) is 1.91. The van der Waals surface area contributed by atoms with Crippen LogP contribution in [0.2, 0.25) is 0 Å². The van der Waals surface area contributed by atoms with Crippen LogP contribution in [0.15, 0.2) is 23.7 Å². The molecule has 2 aromatic heterocycles. The van der Waals surface area contributed by atoms with Gasteiger partial charge in [0.1, 0.15) is 5.82 Å². The molecule has 1 atom stereocenters. The molecule has 0 aliphatic carbocycles. The summed E-state index contributed by atoms with van der Waals surface area (Å²) < 4.78 is 1.34. The second-order valence-corrected chi connectivity index (χ2v) is 5.37. The predicted octanol–water partition coefficient (Wildman–Crippen LogP) is 2.48. The molecule has 0 spiro atoms. The molecule has 1 unspecified atom stereocenters. The fraction of sp³-hybridized carbons (Fsp3) is 0.462. The van der Waals surface area contributed by atoms with Crippen molar-refractivity contribution in [2.24, 2.45) is 0 Å². The van der Waals surface area contributed by atoms with Crippen molar-refractivity contribution in [3.63, 3.8) is 0 Å². The van der Waals surface area contributed by atoms with Gasteiger partial charge >= 0.3 is 0 Å². The maximum Gasteiger partial charge on any atom is 0.137 e. The van der Waals surface area contributed by atoms with E-state index in [1.54, 1.807) is 11.3 Å². The van der Waals surface area contributed by atoms with Gasteiger partial charge in [-0.15, -0.1) is 11.3 Å². The van der Waals surface area contributed by atoms with Crippen molar-refractivity contribution in [3.05, 3.63) is 23.7 Å². The Kier molecular flexibility index (Phi) is 2.99. The van der Waals surface area contributed by atoms with Crippen molar-refractivity contribution in [1.29, 1.82) is 0 Å². The van der Waals surface area contributed by atoms with Crippen LogP contribution in [0, 0.1) is 0 Å². The summed E-state index contributed by atoms with van der Waals surface area (Å²) in [6.45, 7) is 5.43. The summed E-state index contributed by atoms with van der Waals surface area (Å²) >= 11 is 1.79. The first-order chi connectivity index (χ1) is 8.40. The number of nitrogens with zero attached hydrogens (tertiary/aromatic N) is 2. The minimum atomic E-state index is 0.571. The third-order valence-corrected chi connectivity index (χ3v) is 4.33. The fourth-order valence-electron chi connectivity index (χ4n) is 2.51. The van der Waals surface area contributed by atoms with Crippen LogP contribution in [0.4, 0.5) is 5.82 Å². The van der Waals surface area contributed by atoms with Crippen LogP contribution < -0.4 is 10.2 Å².